The lowest BCUT2D eigenvalue weighted by Gasteiger charge is -2.42. The van der Waals surface area contributed by atoms with E-state index in [-0.39, 0.29) is 5.82 Å². The molecule has 1 aromatic rings. The van der Waals surface area contributed by atoms with E-state index in [2.05, 4.69) is 41.5 Å². The van der Waals surface area contributed by atoms with Crippen LogP contribution in [-0.2, 0) is 11.0 Å². The molecule has 0 amide bonds. The summed E-state index contributed by atoms with van der Waals surface area (Å²) in [5, 5.41) is 0. The minimum absolute atomic E-state index is 0.188. The van der Waals surface area contributed by atoms with Crippen LogP contribution in [0.25, 0.3) is 0 Å². The minimum atomic E-state index is -1.85. The van der Waals surface area contributed by atoms with Crippen molar-refractivity contribution >= 4 is 8.32 Å². The first-order chi connectivity index (χ1) is 8.80. The Balaban J connectivity index is 2.90. The first-order valence-corrected chi connectivity index (χ1v) is 9.33. The molecule has 1 aromatic carbocycles. The van der Waals surface area contributed by atoms with Crippen LogP contribution < -0.4 is 0 Å². The highest BCUT2D eigenvalue weighted by atomic mass is 28.4. The summed E-state index contributed by atoms with van der Waals surface area (Å²) in [6, 6.07) is 6.72. The smallest absolute Gasteiger partial charge is 0.200 e. The second-order valence-corrected chi connectivity index (χ2v) is 11.7. The lowest BCUT2D eigenvalue weighted by atomic mass is 10.2. The zero-order chi connectivity index (χ0) is 14.6. The largest absolute Gasteiger partial charge is 0.412 e. The average molecular weight is 282 g/mol. The van der Waals surface area contributed by atoms with Gasteiger partial charge in [0.15, 0.2) is 0 Å². The van der Waals surface area contributed by atoms with Gasteiger partial charge in [0, 0.05) is 0 Å². The Labute approximate surface area is 118 Å². The summed E-state index contributed by atoms with van der Waals surface area (Å²) in [5.41, 5.74) is 2.60. The molecule has 3 heteroatoms. The minimum Gasteiger partial charge on any atom is -0.412 e. The Morgan fingerprint density at radius 3 is 1.95 bits per heavy atom. The van der Waals surface area contributed by atoms with Crippen LogP contribution in [0.15, 0.2) is 24.3 Å². The van der Waals surface area contributed by atoms with Gasteiger partial charge < -0.3 is 4.43 Å². The molecule has 0 bridgehead atoms. The zero-order valence-corrected chi connectivity index (χ0v) is 14.0. The van der Waals surface area contributed by atoms with E-state index in [0.717, 1.165) is 5.56 Å². The summed E-state index contributed by atoms with van der Waals surface area (Å²) >= 11 is 0. The topological polar surface area (TPSA) is 9.23 Å². The van der Waals surface area contributed by atoms with E-state index in [9.17, 15) is 4.39 Å². The maximum atomic E-state index is 13.2. The van der Waals surface area contributed by atoms with Crippen LogP contribution in [0.1, 0.15) is 47.1 Å². The maximum absolute atomic E-state index is 13.2. The third-order valence-electron chi connectivity index (χ3n) is 4.08. The predicted molar refractivity (Wildman–Crippen MR) is 82.2 cm³/mol. The molecular weight excluding hydrogens is 255 g/mol. The van der Waals surface area contributed by atoms with Gasteiger partial charge in [-0.3, -0.25) is 0 Å². The number of benzene rings is 1. The monoisotopic (exact) mass is 282 g/mol. The third kappa shape index (κ3) is 3.66. The number of halogens is 1. The SMILES string of the molecule is CC(C)[Si](OCc1cccc(F)c1)(C(C)C)C(C)C. The molecule has 0 spiro atoms. The molecule has 1 rings (SSSR count). The molecule has 0 heterocycles. The molecule has 0 aromatic heterocycles. The van der Waals surface area contributed by atoms with Crippen molar-refractivity contribution in [1.29, 1.82) is 0 Å². The molecule has 0 atom stereocenters. The fraction of sp³-hybridized carbons (Fsp3) is 0.625. The molecule has 19 heavy (non-hydrogen) atoms. The van der Waals surface area contributed by atoms with Crippen LogP contribution in [0.4, 0.5) is 4.39 Å². The van der Waals surface area contributed by atoms with E-state index in [1.54, 1.807) is 12.1 Å². The summed E-state index contributed by atoms with van der Waals surface area (Å²) < 4.78 is 19.6. The molecule has 0 radical (unpaired) electrons. The standard InChI is InChI=1S/C16H27FOSi/c1-12(2)19(13(3)4,14(5)6)18-11-15-8-7-9-16(17)10-15/h7-10,12-14H,11H2,1-6H3. The molecule has 0 aliphatic carbocycles. The first kappa shape index (κ1) is 16.4. The van der Waals surface area contributed by atoms with Crippen molar-refractivity contribution in [1.82, 2.24) is 0 Å². The van der Waals surface area contributed by atoms with Gasteiger partial charge in [0.2, 0.25) is 8.32 Å². The molecular formula is C16H27FOSi. The molecule has 0 unspecified atom stereocenters. The predicted octanol–water partition coefficient (Wildman–Crippen LogP) is 5.52. The fourth-order valence-corrected chi connectivity index (χ4v) is 8.75. The van der Waals surface area contributed by atoms with E-state index in [0.29, 0.717) is 23.2 Å². The first-order valence-electron chi connectivity index (χ1n) is 7.19. The Bertz CT molecular complexity index is 380. The summed E-state index contributed by atoms with van der Waals surface area (Å²) in [5.74, 6) is -0.188. The number of hydrogen-bond donors (Lipinski definition) is 0. The Hall–Kier alpha value is -0.673. The van der Waals surface area contributed by atoms with Gasteiger partial charge in [0.25, 0.3) is 0 Å². The van der Waals surface area contributed by atoms with Crippen LogP contribution in [0, 0.1) is 5.82 Å². The quantitative estimate of drug-likeness (QED) is 0.624. The molecule has 108 valence electrons. The van der Waals surface area contributed by atoms with E-state index in [1.807, 2.05) is 6.07 Å². The van der Waals surface area contributed by atoms with Gasteiger partial charge in [-0.1, -0.05) is 53.7 Å². The molecule has 0 N–H and O–H groups in total. The zero-order valence-electron chi connectivity index (χ0n) is 13.0. The number of rotatable bonds is 6. The van der Waals surface area contributed by atoms with Crippen molar-refractivity contribution in [2.24, 2.45) is 0 Å². The maximum Gasteiger partial charge on any atom is 0.200 e. The number of hydrogen-bond acceptors (Lipinski definition) is 1. The highest BCUT2D eigenvalue weighted by Crippen LogP contribution is 2.42. The summed E-state index contributed by atoms with van der Waals surface area (Å²) in [6.07, 6.45) is 0. The van der Waals surface area contributed by atoms with Crippen LogP contribution >= 0.6 is 0 Å². The molecule has 0 aliphatic heterocycles. The summed E-state index contributed by atoms with van der Waals surface area (Å²) in [6.45, 7) is 14.1. The van der Waals surface area contributed by atoms with Crippen molar-refractivity contribution in [3.05, 3.63) is 35.6 Å². The van der Waals surface area contributed by atoms with Gasteiger partial charge >= 0.3 is 0 Å². The van der Waals surface area contributed by atoms with Gasteiger partial charge in [-0.25, -0.2) is 4.39 Å². The highest BCUT2D eigenvalue weighted by molar-refractivity contribution is 6.77. The molecule has 0 fully saturated rings. The van der Waals surface area contributed by atoms with Gasteiger partial charge in [-0.15, -0.1) is 0 Å². The molecule has 0 saturated heterocycles. The van der Waals surface area contributed by atoms with Crippen LogP contribution in [-0.4, -0.2) is 8.32 Å². The van der Waals surface area contributed by atoms with Gasteiger partial charge in [-0.2, -0.15) is 0 Å². The van der Waals surface area contributed by atoms with E-state index in [1.165, 1.54) is 6.07 Å². The van der Waals surface area contributed by atoms with Crippen molar-refractivity contribution in [2.45, 2.75) is 64.8 Å². The third-order valence-corrected chi connectivity index (χ3v) is 10.1. The second kappa shape index (κ2) is 6.66. The van der Waals surface area contributed by atoms with Crippen molar-refractivity contribution < 1.29 is 8.82 Å². The van der Waals surface area contributed by atoms with E-state index >= 15 is 0 Å². The Morgan fingerprint density at radius 1 is 1.00 bits per heavy atom. The van der Waals surface area contributed by atoms with Crippen LogP contribution in [0.5, 0.6) is 0 Å². The van der Waals surface area contributed by atoms with Gasteiger partial charge in [0.05, 0.1) is 6.61 Å². The van der Waals surface area contributed by atoms with Crippen LogP contribution in [0.3, 0.4) is 0 Å². The van der Waals surface area contributed by atoms with E-state index in [4.69, 9.17) is 4.43 Å². The van der Waals surface area contributed by atoms with Crippen molar-refractivity contribution in [2.75, 3.05) is 0 Å². The second-order valence-electron chi connectivity index (χ2n) is 6.24. The summed E-state index contributed by atoms with van der Waals surface area (Å²) in [4.78, 5) is 0. The normalized spacial score (nSPS) is 12.7. The fourth-order valence-electron chi connectivity index (χ4n) is 3.34. The van der Waals surface area contributed by atoms with Gasteiger partial charge in [0.1, 0.15) is 5.82 Å². The lowest BCUT2D eigenvalue weighted by Crippen LogP contribution is -2.47. The average Bonchev–Trinajstić information content (AvgIpc) is 2.28. The molecule has 0 saturated carbocycles. The lowest BCUT2D eigenvalue weighted by molar-refractivity contribution is 0.265. The highest BCUT2D eigenvalue weighted by Gasteiger charge is 2.44. The van der Waals surface area contributed by atoms with Crippen molar-refractivity contribution in [3.63, 3.8) is 0 Å². The molecule has 0 aliphatic rings. The summed E-state index contributed by atoms with van der Waals surface area (Å²) in [7, 11) is -1.85. The van der Waals surface area contributed by atoms with Crippen molar-refractivity contribution in [3.8, 4) is 0 Å². The van der Waals surface area contributed by atoms with Gasteiger partial charge in [-0.05, 0) is 34.3 Å². The Kier molecular flexibility index (Phi) is 5.75. The van der Waals surface area contributed by atoms with E-state index < -0.39 is 8.32 Å². The Morgan fingerprint density at radius 2 is 1.53 bits per heavy atom. The molecule has 1 nitrogen and oxygen atoms in total. The van der Waals surface area contributed by atoms with Crippen LogP contribution in [0.2, 0.25) is 16.6 Å².